The Balaban J connectivity index is 1.46. The van der Waals surface area contributed by atoms with E-state index >= 15 is 0 Å². The second-order valence-corrected chi connectivity index (χ2v) is 5.75. The average molecular weight is 228 g/mol. The lowest BCUT2D eigenvalue weighted by Crippen LogP contribution is -2.84. The fourth-order valence-corrected chi connectivity index (χ4v) is 3.35. The zero-order valence-corrected chi connectivity index (χ0v) is 10.6. The number of allylic oxidation sites excluding steroid dienone is 2. The Hall–Kier alpha value is -1.08. The van der Waals surface area contributed by atoms with Crippen molar-refractivity contribution < 1.29 is 5.32 Å². The van der Waals surface area contributed by atoms with Gasteiger partial charge in [-0.2, -0.15) is 0 Å². The Kier molecular flexibility index (Phi) is 3.02. The molecule has 0 radical (unpaired) electrons. The summed E-state index contributed by atoms with van der Waals surface area (Å²) in [5, 5.41) is 2.49. The van der Waals surface area contributed by atoms with E-state index in [4.69, 9.17) is 0 Å². The lowest BCUT2D eigenvalue weighted by molar-refractivity contribution is -0.676. The molecule has 2 aliphatic carbocycles. The van der Waals surface area contributed by atoms with Crippen molar-refractivity contribution in [2.24, 2.45) is 17.8 Å². The molecule has 2 N–H and O–H groups in total. The predicted molar refractivity (Wildman–Crippen MR) is 70.5 cm³/mol. The number of hydrogen-bond acceptors (Lipinski definition) is 0. The summed E-state index contributed by atoms with van der Waals surface area (Å²) in [5.41, 5.74) is 2.81. The normalized spacial score (nSPS) is 30.1. The zero-order valence-electron chi connectivity index (χ0n) is 10.6. The van der Waals surface area contributed by atoms with E-state index in [1.165, 1.54) is 30.5 Å². The van der Waals surface area contributed by atoms with E-state index in [2.05, 4.69) is 48.7 Å². The molecule has 3 atom stereocenters. The standard InChI is InChI=1S/C16H21N/c1-12-2-4-13(5-3-12)10-17-11-16-9-14-6-7-15(16)8-14/h2-7,14-17H,8-11H2,1H3/p+1/t14-,15+,16+/m1/s1. The van der Waals surface area contributed by atoms with Gasteiger partial charge in [0.25, 0.3) is 0 Å². The van der Waals surface area contributed by atoms with E-state index in [1.807, 2.05) is 0 Å². The number of hydrogen-bond donors (Lipinski definition) is 1. The van der Waals surface area contributed by atoms with Crippen LogP contribution in [0.15, 0.2) is 36.4 Å². The van der Waals surface area contributed by atoms with Crippen molar-refractivity contribution in [2.75, 3.05) is 6.54 Å². The molecule has 90 valence electrons. The van der Waals surface area contributed by atoms with E-state index in [0.717, 1.165) is 24.3 Å². The molecule has 1 fully saturated rings. The first-order valence-corrected chi connectivity index (χ1v) is 6.87. The van der Waals surface area contributed by atoms with Gasteiger partial charge in [0, 0.05) is 11.5 Å². The minimum atomic E-state index is 0.897. The van der Waals surface area contributed by atoms with E-state index in [1.54, 1.807) is 0 Å². The summed E-state index contributed by atoms with van der Waals surface area (Å²) >= 11 is 0. The monoisotopic (exact) mass is 228 g/mol. The Morgan fingerprint density at radius 2 is 1.94 bits per heavy atom. The van der Waals surface area contributed by atoms with Crippen LogP contribution in [0.3, 0.4) is 0 Å². The molecule has 0 heterocycles. The van der Waals surface area contributed by atoms with Crippen LogP contribution in [-0.4, -0.2) is 6.54 Å². The fourth-order valence-electron chi connectivity index (χ4n) is 3.35. The van der Waals surface area contributed by atoms with Gasteiger partial charge in [-0.1, -0.05) is 42.0 Å². The maximum atomic E-state index is 2.49. The summed E-state index contributed by atoms with van der Waals surface area (Å²) in [5.74, 6) is 2.75. The molecular weight excluding hydrogens is 206 g/mol. The molecule has 17 heavy (non-hydrogen) atoms. The van der Waals surface area contributed by atoms with Crippen LogP contribution in [-0.2, 0) is 6.54 Å². The van der Waals surface area contributed by atoms with Gasteiger partial charge in [-0.25, -0.2) is 0 Å². The third kappa shape index (κ3) is 2.44. The highest BCUT2D eigenvalue weighted by Gasteiger charge is 2.36. The maximum absolute atomic E-state index is 2.49. The molecule has 3 rings (SSSR count). The summed E-state index contributed by atoms with van der Waals surface area (Å²) in [4.78, 5) is 0. The Labute approximate surface area is 104 Å². The zero-order chi connectivity index (χ0) is 11.7. The van der Waals surface area contributed by atoms with Crippen molar-refractivity contribution >= 4 is 0 Å². The molecule has 2 bridgehead atoms. The van der Waals surface area contributed by atoms with Crippen molar-refractivity contribution in [3.05, 3.63) is 47.5 Å². The molecule has 0 saturated heterocycles. The first kappa shape index (κ1) is 11.0. The largest absolute Gasteiger partial charge is 0.342 e. The summed E-state index contributed by atoms with van der Waals surface area (Å²) in [7, 11) is 0. The number of fused-ring (bicyclic) bond motifs is 2. The van der Waals surface area contributed by atoms with Crippen LogP contribution in [0.1, 0.15) is 24.0 Å². The van der Waals surface area contributed by atoms with Gasteiger partial charge in [-0.3, -0.25) is 0 Å². The smallest absolute Gasteiger partial charge is 0.101 e. The molecule has 0 spiro atoms. The SMILES string of the molecule is Cc1ccc(C[NH2+]C[C@@H]2C[C@@H]3C=C[C@H]2C3)cc1. The highest BCUT2D eigenvalue weighted by molar-refractivity contribution is 5.20. The second kappa shape index (κ2) is 4.66. The topological polar surface area (TPSA) is 16.6 Å². The Morgan fingerprint density at radius 1 is 1.12 bits per heavy atom. The molecule has 2 aliphatic rings. The first-order valence-electron chi connectivity index (χ1n) is 6.87. The third-order valence-corrected chi connectivity index (χ3v) is 4.39. The molecule has 0 unspecified atom stereocenters. The summed E-state index contributed by atoms with van der Waals surface area (Å²) in [6, 6.07) is 8.94. The van der Waals surface area contributed by atoms with Crippen LogP contribution in [0.25, 0.3) is 0 Å². The van der Waals surface area contributed by atoms with Crippen LogP contribution in [0.5, 0.6) is 0 Å². The summed E-state index contributed by atoms with van der Waals surface area (Å²) in [6.45, 7) is 4.59. The lowest BCUT2D eigenvalue weighted by Gasteiger charge is -2.16. The highest BCUT2D eigenvalue weighted by Crippen LogP contribution is 2.42. The van der Waals surface area contributed by atoms with Gasteiger partial charge in [-0.05, 0) is 31.6 Å². The van der Waals surface area contributed by atoms with Gasteiger partial charge in [-0.15, -0.1) is 0 Å². The van der Waals surface area contributed by atoms with Crippen LogP contribution >= 0.6 is 0 Å². The number of benzene rings is 1. The molecule has 1 saturated carbocycles. The maximum Gasteiger partial charge on any atom is 0.101 e. The quantitative estimate of drug-likeness (QED) is 0.761. The van der Waals surface area contributed by atoms with Gasteiger partial charge in [0.2, 0.25) is 0 Å². The number of nitrogens with two attached hydrogens (primary N) is 1. The third-order valence-electron chi connectivity index (χ3n) is 4.39. The summed E-state index contributed by atoms with van der Waals surface area (Å²) in [6.07, 6.45) is 7.76. The fraction of sp³-hybridized carbons (Fsp3) is 0.500. The molecule has 1 aromatic carbocycles. The van der Waals surface area contributed by atoms with Crippen LogP contribution in [0.4, 0.5) is 0 Å². The van der Waals surface area contributed by atoms with Crippen molar-refractivity contribution in [1.29, 1.82) is 0 Å². The first-order chi connectivity index (χ1) is 8.31. The van der Waals surface area contributed by atoms with Crippen LogP contribution < -0.4 is 5.32 Å². The Morgan fingerprint density at radius 3 is 2.59 bits per heavy atom. The number of aryl methyl sites for hydroxylation is 1. The highest BCUT2D eigenvalue weighted by atomic mass is 14.9. The van der Waals surface area contributed by atoms with Crippen LogP contribution in [0.2, 0.25) is 0 Å². The van der Waals surface area contributed by atoms with E-state index < -0.39 is 0 Å². The van der Waals surface area contributed by atoms with E-state index in [9.17, 15) is 0 Å². The molecule has 0 aliphatic heterocycles. The number of rotatable bonds is 4. The number of quaternary nitrogens is 1. The lowest BCUT2D eigenvalue weighted by atomic mass is 9.93. The average Bonchev–Trinajstić information content (AvgIpc) is 2.94. The second-order valence-electron chi connectivity index (χ2n) is 5.75. The summed E-state index contributed by atoms with van der Waals surface area (Å²) < 4.78 is 0. The van der Waals surface area contributed by atoms with Gasteiger partial charge in [0.15, 0.2) is 0 Å². The predicted octanol–water partition coefficient (Wildman–Crippen LogP) is 2.27. The van der Waals surface area contributed by atoms with E-state index in [-0.39, 0.29) is 0 Å². The van der Waals surface area contributed by atoms with Crippen LogP contribution in [0, 0.1) is 24.7 Å². The molecule has 1 nitrogen and oxygen atoms in total. The minimum Gasteiger partial charge on any atom is -0.342 e. The van der Waals surface area contributed by atoms with Gasteiger partial charge >= 0.3 is 0 Å². The Bertz CT molecular complexity index is 404. The molecule has 1 heteroatoms. The molecule has 0 amide bonds. The van der Waals surface area contributed by atoms with Crippen molar-refractivity contribution in [3.63, 3.8) is 0 Å². The van der Waals surface area contributed by atoms with Crippen molar-refractivity contribution in [1.82, 2.24) is 0 Å². The van der Waals surface area contributed by atoms with E-state index in [0.29, 0.717) is 0 Å². The molecule has 0 aromatic heterocycles. The van der Waals surface area contributed by atoms with Crippen molar-refractivity contribution in [2.45, 2.75) is 26.3 Å². The van der Waals surface area contributed by atoms with Gasteiger partial charge in [0.1, 0.15) is 6.54 Å². The van der Waals surface area contributed by atoms with Crippen molar-refractivity contribution in [3.8, 4) is 0 Å². The molecular formula is C16H22N+. The minimum absolute atomic E-state index is 0.897. The molecule has 1 aromatic rings. The van der Waals surface area contributed by atoms with Gasteiger partial charge in [0.05, 0.1) is 6.54 Å². The van der Waals surface area contributed by atoms with Gasteiger partial charge < -0.3 is 5.32 Å².